The second kappa shape index (κ2) is 5.67. The molecule has 0 bridgehead atoms. The molecule has 1 aromatic rings. The number of imidazole rings is 1. The predicted octanol–water partition coefficient (Wildman–Crippen LogP) is 3.02. The van der Waals surface area contributed by atoms with Gasteiger partial charge in [-0.3, -0.25) is 0 Å². The van der Waals surface area contributed by atoms with Gasteiger partial charge in [0.15, 0.2) is 0 Å². The van der Waals surface area contributed by atoms with Crippen molar-refractivity contribution in [3.63, 3.8) is 0 Å². The maximum absolute atomic E-state index is 5.90. The summed E-state index contributed by atoms with van der Waals surface area (Å²) in [5.74, 6) is 0.661. The largest absolute Gasteiger partial charge is 0.330 e. The lowest BCUT2D eigenvalue weighted by Crippen LogP contribution is -2.23. The van der Waals surface area contributed by atoms with Crippen LogP contribution in [0.3, 0.4) is 0 Å². The summed E-state index contributed by atoms with van der Waals surface area (Å²) in [5.41, 5.74) is 7.48. The number of rotatable bonds is 5. The number of nitrogens with zero attached hydrogens (tertiary/aromatic N) is 2. The van der Waals surface area contributed by atoms with Gasteiger partial charge in [0, 0.05) is 24.5 Å². The fraction of sp³-hybridized carbons (Fsp3) is 0.786. The van der Waals surface area contributed by atoms with Crippen molar-refractivity contribution in [2.75, 3.05) is 6.54 Å². The van der Waals surface area contributed by atoms with E-state index in [9.17, 15) is 0 Å². The molecule has 0 radical (unpaired) electrons. The van der Waals surface area contributed by atoms with Crippen molar-refractivity contribution in [2.24, 2.45) is 17.1 Å². The Labute approximate surface area is 105 Å². The fourth-order valence-electron chi connectivity index (χ4n) is 2.21. The minimum atomic E-state index is 0.286. The Morgan fingerprint density at radius 3 is 2.47 bits per heavy atom. The monoisotopic (exact) mass is 237 g/mol. The Morgan fingerprint density at radius 1 is 1.35 bits per heavy atom. The van der Waals surface area contributed by atoms with Crippen LogP contribution in [0.25, 0.3) is 0 Å². The third-order valence-electron chi connectivity index (χ3n) is 2.87. The van der Waals surface area contributed by atoms with Gasteiger partial charge < -0.3 is 10.3 Å². The van der Waals surface area contributed by atoms with Crippen LogP contribution in [0.2, 0.25) is 0 Å². The molecule has 0 aliphatic carbocycles. The van der Waals surface area contributed by atoms with E-state index in [0.717, 1.165) is 12.8 Å². The molecule has 1 atom stereocenters. The first kappa shape index (κ1) is 14.2. The molecule has 1 aromatic heterocycles. The van der Waals surface area contributed by atoms with Crippen LogP contribution >= 0.6 is 0 Å². The lowest BCUT2D eigenvalue weighted by Gasteiger charge is -2.24. The molecule has 0 saturated heterocycles. The molecule has 0 fully saturated rings. The van der Waals surface area contributed by atoms with Gasteiger partial charge >= 0.3 is 0 Å². The van der Waals surface area contributed by atoms with E-state index in [1.54, 1.807) is 0 Å². The summed E-state index contributed by atoms with van der Waals surface area (Å²) in [5, 5.41) is 0. The van der Waals surface area contributed by atoms with Crippen LogP contribution in [0.15, 0.2) is 12.5 Å². The zero-order valence-corrected chi connectivity index (χ0v) is 11.9. The number of hydrogen-bond donors (Lipinski definition) is 1. The van der Waals surface area contributed by atoms with Crippen molar-refractivity contribution < 1.29 is 0 Å². The van der Waals surface area contributed by atoms with Crippen LogP contribution in [-0.4, -0.2) is 16.1 Å². The normalized spacial score (nSPS) is 14.3. The van der Waals surface area contributed by atoms with Crippen molar-refractivity contribution in [1.29, 1.82) is 0 Å². The lowest BCUT2D eigenvalue weighted by molar-refractivity contribution is 0.363. The van der Waals surface area contributed by atoms with Gasteiger partial charge in [-0.25, -0.2) is 4.98 Å². The molecule has 3 nitrogen and oxygen atoms in total. The quantitative estimate of drug-likeness (QED) is 0.855. The third-order valence-corrected chi connectivity index (χ3v) is 2.87. The van der Waals surface area contributed by atoms with Crippen molar-refractivity contribution in [2.45, 2.75) is 53.5 Å². The predicted molar refractivity (Wildman–Crippen MR) is 72.9 cm³/mol. The molecule has 17 heavy (non-hydrogen) atoms. The van der Waals surface area contributed by atoms with Crippen LogP contribution in [0.5, 0.6) is 0 Å². The van der Waals surface area contributed by atoms with Gasteiger partial charge in [0.05, 0.1) is 6.33 Å². The Morgan fingerprint density at radius 2 is 2.00 bits per heavy atom. The van der Waals surface area contributed by atoms with E-state index in [4.69, 9.17) is 5.73 Å². The summed E-state index contributed by atoms with van der Waals surface area (Å²) in [7, 11) is 0. The van der Waals surface area contributed by atoms with Gasteiger partial charge in [-0.05, 0) is 24.2 Å². The van der Waals surface area contributed by atoms with Crippen LogP contribution in [0, 0.1) is 11.3 Å². The molecule has 1 rings (SSSR count). The molecule has 0 saturated carbocycles. The van der Waals surface area contributed by atoms with Crippen molar-refractivity contribution in [3.05, 3.63) is 18.2 Å². The molecular weight excluding hydrogens is 210 g/mol. The topological polar surface area (TPSA) is 43.8 Å². The highest BCUT2D eigenvalue weighted by molar-refractivity contribution is 5.03. The van der Waals surface area contributed by atoms with Gasteiger partial charge in [0.25, 0.3) is 0 Å². The van der Waals surface area contributed by atoms with Crippen LogP contribution in [0.4, 0.5) is 0 Å². The molecule has 1 heterocycles. The van der Waals surface area contributed by atoms with Crippen molar-refractivity contribution >= 4 is 0 Å². The van der Waals surface area contributed by atoms with E-state index in [1.807, 2.05) is 12.5 Å². The molecule has 0 aromatic carbocycles. The zero-order chi connectivity index (χ0) is 13.1. The van der Waals surface area contributed by atoms with Crippen LogP contribution < -0.4 is 5.73 Å². The minimum Gasteiger partial charge on any atom is -0.330 e. The summed E-state index contributed by atoms with van der Waals surface area (Å²) in [6, 6.07) is 0.384. The van der Waals surface area contributed by atoms with E-state index >= 15 is 0 Å². The molecule has 0 aliphatic heterocycles. The summed E-state index contributed by atoms with van der Waals surface area (Å²) < 4.78 is 2.27. The highest BCUT2D eigenvalue weighted by Gasteiger charge is 2.18. The molecule has 2 N–H and O–H groups in total. The van der Waals surface area contributed by atoms with Crippen LogP contribution in [0.1, 0.15) is 52.8 Å². The maximum atomic E-state index is 5.90. The fourth-order valence-corrected chi connectivity index (χ4v) is 2.21. The van der Waals surface area contributed by atoms with E-state index in [2.05, 4.69) is 44.2 Å². The van der Waals surface area contributed by atoms with Crippen molar-refractivity contribution in [3.8, 4) is 0 Å². The van der Waals surface area contributed by atoms with Crippen LogP contribution in [-0.2, 0) is 6.42 Å². The molecule has 3 heteroatoms. The summed E-state index contributed by atoms with van der Waals surface area (Å²) >= 11 is 0. The molecule has 0 aliphatic rings. The van der Waals surface area contributed by atoms with Gasteiger partial charge in [0.2, 0.25) is 0 Å². The maximum Gasteiger partial charge on any atom is 0.0951 e. The lowest BCUT2D eigenvalue weighted by atomic mass is 9.90. The number of aromatic nitrogens is 2. The first-order chi connectivity index (χ1) is 7.83. The second-order valence-corrected chi connectivity index (χ2v) is 6.55. The molecule has 98 valence electrons. The average molecular weight is 237 g/mol. The smallest absolute Gasteiger partial charge is 0.0951 e. The summed E-state index contributed by atoms with van der Waals surface area (Å²) in [6.45, 7) is 11.9. The Kier molecular flexibility index (Phi) is 4.75. The van der Waals surface area contributed by atoms with Gasteiger partial charge in [-0.1, -0.05) is 34.6 Å². The standard InChI is InChI=1S/C14H27N3/c1-11(2)6-12(8-15)17-10-16-9-13(17)7-14(3,4)5/h9-12H,6-8,15H2,1-5H3. The van der Waals surface area contributed by atoms with E-state index in [1.165, 1.54) is 5.69 Å². The Bertz CT molecular complexity index is 333. The molecule has 1 unspecified atom stereocenters. The minimum absolute atomic E-state index is 0.286. The summed E-state index contributed by atoms with van der Waals surface area (Å²) in [4.78, 5) is 4.29. The molecular formula is C14H27N3. The van der Waals surface area contributed by atoms with E-state index in [-0.39, 0.29) is 5.41 Å². The third kappa shape index (κ3) is 4.50. The SMILES string of the molecule is CC(C)CC(CN)n1cncc1CC(C)(C)C. The number of nitrogens with two attached hydrogens (primary N) is 1. The highest BCUT2D eigenvalue weighted by Crippen LogP contribution is 2.24. The Balaban J connectivity index is 2.85. The van der Waals surface area contributed by atoms with Crippen molar-refractivity contribution in [1.82, 2.24) is 9.55 Å². The summed E-state index contributed by atoms with van der Waals surface area (Å²) in [6.07, 6.45) is 6.07. The Hall–Kier alpha value is -0.830. The average Bonchev–Trinajstić information content (AvgIpc) is 2.59. The van der Waals surface area contributed by atoms with Gasteiger partial charge in [-0.15, -0.1) is 0 Å². The van der Waals surface area contributed by atoms with E-state index in [0.29, 0.717) is 18.5 Å². The van der Waals surface area contributed by atoms with Gasteiger partial charge in [-0.2, -0.15) is 0 Å². The second-order valence-electron chi connectivity index (χ2n) is 6.55. The highest BCUT2D eigenvalue weighted by atomic mass is 15.1. The van der Waals surface area contributed by atoms with Gasteiger partial charge in [0.1, 0.15) is 0 Å². The molecule has 0 amide bonds. The first-order valence-electron chi connectivity index (χ1n) is 6.54. The van der Waals surface area contributed by atoms with E-state index < -0.39 is 0 Å². The molecule has 0 spiro atoms. The zero-order valence-electron chi connectivity index (χ0n) is 11.9. The first-order valence-corrected chi connectivity index (χ1v) is 6.54. The number of hydrogen-bond acceptors (Lipinski definition) is 2.